The lowest BCUT2D eigenvalue weighted by Crippen LogP contribution is -2.28. The van der Waals surface area contributed by atoms with Crippen LogP contribution in [0.1, 0.15) is 22.3 Å². The number of hydrogen-bond donors (Lipinski definition) is 0. The Kier molecular flexibility index (Phi) is 8.40. The molecule has 1 aliphatic rings. The summed E-state index contributed by atoms with van der Waals surface area (Å²) in [6, 6.07) is 86.1. The maximum atomic E-state index is 6.53. The van der Waals surface area contributed by atoms with Crippen molar-refractivity contribution < 1.29 is 9.47 Å². The lowest BCUT2D eigenvalue weighted by atomic mass is 9.68. The van der Waals surface area contributed by atoms with Gasteiger partial charge in [0.05, 0.1) is 27.5 Å². The molecule has 0 N–H and O–H groups in total. The first kappa shape index (κ1) is 37.0. The number of aromatic nitrogens is 2. The molecule has 0 amide bonds. The van der Waals surface area contributed by atoms with Crippen LogP contribution in [0.15, 0.2) is 243 Å². The van der Waals surface area contributed by atoms with E-state index in [2.05, 4.69) is 252 Å². The van der Waals surface area contributed by atoms with Gasteiger partial charge in [-0.15, -0.1) is 0 Å². The molecule has 4 heteroatoms. The van der Waals surface area contributed by atoms with Gasteiger partial charge >= 0.3 is 0 Å². The minimum atomic E-state index is -0.557. The third-order valence-electron chi connectivity index (χ3n) is 13.3. The summed E-state index contributed by atoms with van der Waals surface area (Å²) >= 11 is 0. The number of rotatable bonds is 8. The van der Waals surface area contributed by atoms with Crippen molar-refractivity contribution in [3.63, 3.8) is 0 Å². The molecule has 0 radical (unpaired) electrons. The molecule has 0 saturated heterocycles. The van der Waals surface area contributed by atoms with Crippen LogP contribution in [0.2, 0.25) is 0 Å². The Hall–Kier alpha value is -8.60. The van der Waals surface area contributed by atoms with E-state index in [4.69, 9.17) is 9.47 Å². The fourth-order valence-corrected chi connectivity index (χ4v) is 10.6. The van der Waals surface area contributed by atoms with E-state index in [0.717, 1.165) is 34.4 Å². The van der Waals surface area contributed by atoms with Crippen LogP contribution < -0.4 is 9.47 Å². The van der Waals surface area contributed by atoms with Crippen molar-refractivity contribution >= 4 is 43.6 Å². The molecule has 0 saturated carbocycles. The van der Waals surface area contributed by atoms with Gasteiger partial charge in [0, 0.05) is 32.9 Å². The molecule has 0 aliphatic heterocycles. The van der Waals surface area contributed by atoms with E-state index >= 15 is 0 Å². The molecule has 0 spiro atoms. The Morgan fingerprint density at radius 2 is 0.538 bits per heavy atom. The van der Waals surface area contributed by atoms with Crippen molar-refractivity contribution in [3.05, 3.63) is 265 Å². The smallest absolute Gasteiger partial charge is 0.127 e. The van der Waals surface area contributed by atoms with Crippen LogP contribution in [-0.2, 0) is 5.41 Å². The van der Waals surface area contributed by atoms with E-state index < -0.39 is 5.41 Å². The zero-order valence-corrected chi connectivity index (χ0v) is 35.3. The second kappa shape index (κ2) is 14.8. The molecule has 4 nitrogen and oxygen atoms in total. The number of para-hydroxylation sites is 4. The summed E-state index contributed by atoms with van der Waals surface area (Å²) < 4.78 is 17.7. The Morgan fingerprint density at radius 1 is 0.262 bits per heavy atom. The van der Waals surface area contributed by atoms with Crippen LogP contribution in [0, 0.1) is 0 Å². The average molecular weight is 833 g/mol. The van der Waals surface area contributed by atoms with E-state index in [0.29, 0.717) is 0 Å². The van der Waals surface area contributed by atoms with Crippen LogP contribution in [0.25, 0.3) is 66.1 Å². The molecule has 2 heterocycles. The first-order chi connectivity index (χ1) is 32.2. The molecule has 0 bridgehead atoms. The monoisotopic (exact) mass is 832 g/mol. The van der Waals surface area contributed by atoms with E-state index in [-0.39, 0.29) is 0 Å². The van der Waals surface area contributed by atoms with Crippen molar-refractivity contribution in [2.24, 2.45) is 0 Å². The lowest BCUT2D eigenvalue weighted by Gasteiger charge is -2.34. The highest BCUT2D eigenvalue weighted by molar-refractivity contribution is 6.10. The summed E-state index contributed by atoms with van der Waals surface area (Å²) in [5.74, 6) is 3.12. The standard InChI is InChI=1S/C61H40N2O2/c1-7-19-55-49(13-1)50-14-2-8-20-56(50)61(55,41-25-33-45(34-26-41)64-47-37-29-43(30-38-47)62-57-21-9-3-15-51(57)52-16-4-10-22-58(52)62)42-27-35-46(36-28-42)65-48-39-31-44(32-40-48)63-59-23-11-5-17-53(59)54-18-6-12-24-60(54)63/h1-40H. The number of ether oxygens (including phenoxy) is 2. The zero-order chi connectivity index (χ0) is 42.9. The van der Waals surface area contributed by atoms with Crippen LogP contribution in [0.3, 0.4) is 0 Å². The number of fused-ring (bicyclic) bond motifs is 9. The molecule has 306 valence electrons. The van der Waals surface area contributed by atoms with E-state index in [1.165, 1.54) is 77.0 Å². The first-order valence-electron chi connectivity index (χ1n) is 22.2. The highest BCUT2D eigenvalue weighted by Crippen LogP contribution is 2.56. The Balaban J connectivity index is 0.815. The second-order valence-electron chi connectivity index (χ2n) is 16.8. The largest absolute Gasteiger partial charge is 0.457 e. The van der Waals surface area contributed by atoms with Gasteiger partial charge in [-0.2, -0.15) is 0 Å². The number of benzene rings is 10. The maximum Gasteiger partial charge on any atom is 0.127 e. The Labute approximate surface area is 376 Å². The van der Waals surface area contributed by atoms with Gasteiger partial charge in [-0.1, -0.05) is 146 Å². The molecule has 1 aliphatic carbocycles. The van der Waals surface area contributed by atoms with Gasteiger partial charge in [0.25, 0.3) is 0 Å². The van der Waals surface area contributed by atoms with Gasteiger partial charge in [0.2, 0.25) is 0 Å². The zero-order valence-electron chi connectivity index (χ0n) is 35.3. The van der Waals surface area contributed by atoms with Crippen molar-refractivity contribution in [1.29, 1.82) is 0 Å². The summed E-state index contributed by atoms with van der Waals surface area (Å²) in [6.07, 6.45) is 0. The molecular formula is C61H40N2O2. The number of hydrogen-bond acceptors (Lipinski definition) is 2. The van der Waals surface area contributed by atoms with E-state index in [1.54, 1.807) is 0 Å². The highest BCUT2D eigenvalue weighted by atomic mass is 16.5. The molecule has 65 heavy (non-hydrogen) atoms. The molecule has 0 fully saturated rings. The first-order valence-corrected chi connectivity index (χ1v) is 22.2. The molecule has 0 unspecified atom stereocenters. The molecule has 13 rings (SSSR count). The fraction of sp³-hybridized carbons (Fsp3) is 0.0164. The van der Waals surface area contributed by atoms with Crippen molar-refractivity contribution in [2.45, 2.75) is 5.41 Å². The summed E-state index contributed by atoms with van der Waals surface area (Å²) in [7, 11) is 0. The van der Waals surface area contributed by atoms with Gasteiger partial charge in [0.1, 0.15) is 23.0 Å². The van der Waals surface area contributed by atoms with Crippen LogP contribution in [-0.4, -0.2) is 9.13 Å². The highest BCUT2D eigenvalue weighted by Gasteiger charge is 2.45. The summed E-state index contributed by atoms with van der Waals surface area (Å²) in [6.45, 7) is 0. The molecular weight excluding hydrogens is 793 g/mol. The van der Waals surface area contributed by atoms with E-state index in [9.17, 15) is 0 Å². The van der Waals surface area contributed by atoms with Gasteiger partial charge in [-0.25, -0.2) is 0 Å². The predicted molar refractivity (Wildman–Crippen MR) is 265 cm³/mol. The number of nitrogens with zero attached hydrogens (tertiary/aromatic N) is 2. The molecule has 12 aromatic rings. The third kappa shape index (κ3) is 5.77. The van der Waals surface area contributed by atoms with Crippen LogP contribution >= 0.6 is 0 Å². The fourth-order valence-electron chi connectivity index (χ4n) is 10.6. The van der Waals surface area contributed by atoms with Crippen molar-refractivity contribution in [3.8, 4) is 45.5 Å². The summed E-state index contributed by atoms with van der Waals surface area (Å²) in [5.41, 5.74) is 13.7. The Bertz CT molecular complexity index is 3390. The molecule has 10 aromatic carbocycles. The minimum absolute atomic E-state index is 0.557. The van der Waals surface area contributed by atoms with Crippen molar-refractivity contribution in [1.82, 2.24) is 9.13 Å². The van der Waals surface area contributed by atoms with Gasteiger partial charge in [-0.3, -0.25) is 0 Å². The van der Waals surface area contributed by atoms with Gasteiger partial charge in [-0.05, 0) is 130 Å². The molecule has 2 aromatic heterocycles. The quantitative estimate of drug-likeness (QED) is 0.153. The minimum Gasteiger partial charge on any atom is -0.457 e. The average Bonchev–Trinajstić information content (AvgIpc) is 4.00. The van der Waals surface area contributed by atoms with Crippen molar-refractivity contribution in [2.75, 3.05) is 0 Å². The topological polar surface area (TPSA) is 28.3 Å². The van der Waals surface area contributed by atoms with E-state index in [1.807, 2.05) is 0 Å². The Morgan fingerprint density at radius 3 is 0.877 bits per heavy atom. The normalized spacial score (nSPS) is 12.7. The summed E-state index contributed by atoms with van der Waals surface area (Å²) in [4.78, 5) is 0. The second-order valence-corrected chi connectivity index (χ2v) is 16.8. The van der Waals surface area contributed by atoms with Gasteiger partial charge in [0.15, 0.2) is 0 Å². The predicted octanol–water partition coefficient (Wildman–Crippen LogP) is 15.8. The molecule has 0 atom stereocenters. The SMILES string of the molecule is c1ccc2c(c1)-c1ccccc1C2(c1ccc(Oc2ccc(-n3c4ccccc4c4ccccc43)cc2)cc1)c1ccc(Oc2ccc(-n3c4ccccc4c4ccccc43)cc2)cc1. The van der Waals surface area contributed by atoms with Crippen LogP contribution in [0.5, 0.6) is 23.0 Å². The van der Waals surface area contributed by atoms with Crippen LogP contribution in [0.4, 0.5) is 0 Å². The maximum absolute atomic E-state index is 6.53. The lowest BCUT2D eigenvalue weighted by molar-refractivity contribution is 0.482. The van der Waals surface area contributed by atoms with Gasteiger partial charge < -0.3 is 18.6 Å². The third-order valence-corrected chi connectivity index (χ3v) is 13.3. The summed E-state index contributed by atoms with van der Waals surface area (Å²) in [5, 5.41) is 4.99.